The van der Waals surface area contributed by atoms with Crippen molar-refractivity contribution in [2.24, 2.45) is 5.41 Å². The molecule has 2 unspecified atom stereocenters. The van der Waals surface area contributed by atoms with E-state index in [-0.39, 0.29) is 6.61 Å². The summed E-state index contributed by atoms with van der Waals surface area (Å²) in [6.45, 7) is 0.890. The van der Waals surface area contributed by atoms with Crippen molar-refractivity contribution in [1.82, 2.24) is 0 Å². The molecule has 1 fully saturated rings. The Bertz CT molecular complexity index is 480. The van der Waals surface area contributed by atoms with Gasteiger partial charge in [0.2, 0.25) is 0 Å². The number of benzene rings is 1. The summed E-state index contributed by atoms with van der Waals surface area (Å²) in [4.78, 5) is 0. The first-order chi connectivity index (χ1) is 8.59. The van der Waals surface area contributed by atoms with Gasteiger partial charge < -0.3 is 9.84 Å². The van der Waals surface area contributed by atoms with Crippen LogP contribution in [0, 0.1) is 16.7 Å². The highest BCUT2D eigenvalue weighted by Crippen LogP contribution is 2.42. The third-order valence-electron chi connectivity index (χ3n) is 3.27. The van der Waals surface area contributed by atoms with Gasteiger partial charge in [-0.1, -0.05) is 33.6 Å². The molecule has 96 valence electrons. The number of nitrogens with zero attached hydrogens (tertiary/aromatic N) is 1. The van der Waals surface area contributed by atoms with Crippen LogP contribution in [0.1, 0.15) is 24.5 Å². The Morgan fingerprint density at radius 2 is 2.33 bits per heavy atom. The minimum Gasteiger partial charge on any atom is -0.387 e. The molecule has 1 aromatic carbocycles. The highest BCUT2D eigenvalue weighted by Gasteiger charge is 2.42. The molecule has 1 aliphatic heterocycles. The number of aliphatic hydroxyl groups is 1. The van der Waals surface area contributed by atoms with Crippen LogP contribution in [-0.2, 0) is 4.74 Å². The summed E-state index contributed by atoms with van der Waals surface area (Å²) in [7, 11) is 0. The monoisotopic (exact) mass is 329 g/mol. The fraction of sp³-hybridized carbons (Fsp3) is 0.462. The van der Waals surface area contributed by atoms with Gasteiger partial charge in [0.25, 0.3) is 0 Å². The third-order valence-corrected chi connectivity index (χ3v) is 4.09. The number of ether oxygens (including phenoxy) is 1. The highest BCUT2D eigenvalue weighted by molar-refractivity contribution is 9.10. The van der Waals surface area contributed by atoms with E-state index in [1.165, 1.54) is 0 Å². The van der Waals surface area contributed by atoms with Crippen molar-refractivity contribution in [3.63, 3.8) is 0 Å². The normalized spacial score (nSPS) is 25.4. The molecule has 0 saturated carbocycles. The summed E-state index contributed by atoms with van der Waals surface area (Å²) in [5.41, 5.74) is -0.317. The molecule has 0 radical (unpaired) electrons. The predicted octanol–water partition coefficient (Wildman–Crippen LogP) is 3.46. The molecule has 1 heterocycles. The van der Waals surface area contributed by atoms with Gasteiger partial charge in [-0.2, -0.15) is 5.26 Å². The molecule has 3 nitrogen and oxygen atoms in total. The standard InChI is InChI=1S/C13H13BrClNO2/c14-9-2-3-10(11(15)6-9)12(17)13(7-16)4-1-5-18-8-13/h2-3,6,12,17H,1,4-5,8H2. The van der Waals surface area contributed by atoms with Crippen LogP contribution in [0.5, 0.6) is 0 Å². The molecule has 0 aliphatic carbocycles. The van der Waals surface area contributed by atoms with Gasteiger partial charge in [0.05, 0.1) is 12.7 Å². The second kappa shape index (κ2) is 5.58. The Balaban J connectivity index is 2.34. The number of nitriles is 1. The number of aliphatic hydroxyl groups excluding tert-OH is 1. The van der Waals surface area contributed by atoms with Crippen LogP contribution in [0.4, 0.5) is 0 Å². The van der Waals surface area contributed by atoms with E-state index in [0.29, 0.717) is 23.6 Å². The van der Waals surface area contributed by atoms with Gasteiger partial charge in [-0.15, -0.1) is 0 Å². The lowest BCUT2D eigenvalue weighted by molar-refractivity contribution is -0.0505. The maximum absolute atomic E-state index is 10.5. The first-order valence-electron chi connectivity index (χ1n) is 5.71. The molecular formula is C13H13BrClNO2. The fourth-order valence-corrected chi connectivity index (χ4v) is 2.98. The smallest absolute Gasteiger partial charge is 0.111 e. The molecule has 18 heavy (non-hydrogen) atoms. The van der Waals surface area contributed by atoms with Gasteiger partial charge in [-0.3, -0.25) is 0 Å². The van der Waals surface area contributed by atoms with Crippen molar-refractivity contribution in [2.45, 2.75) is 18.9 Å². The van der Waals surface area contributed by atoms with Gasteiger partial charge in [0.1, 0.15) is 11.5 Å². The summed E-state index contributed by atoms with van der Waals surface area (Å²) in [5.74, 6) is 0. The largest absolute Gasteiger partial charge is 0.387 e. The van der Waals surface area contributed by atoms with E-state index in [1.807, 2.05) is 0 Å². The van der Waals surface area contributed by atoms with E-state index in [9.17, 15) is 10.4 Å². The minimum absolute atomic E-state index is 0.247. The third kappa shape index (κ3) is 2.55. The Hall–Kier alpha value is -0.600. The van der Waals surface area contributed by atoms with Crippen molar-refractivity contribution < 1.29 is 9.84 Å². The van der Waals surface area contributed by atoms with Crippen LogP contribution >= 0.6 is 27.5 Å². The number of hydrogen-bond acceptors (Lipinski definition) is 3. The van der Waals surface area contributed by atoms with Crippen molar-refractivity contribution in [3.05, 3.63) is 33.3 Å². The fourth-order valence-electron chi connectivity index (χ4n) is 2.20. The van der Waals surface area contributed by atoms with E-state index in [2.05, 4.69) is 22.0 Å². The lowest BCUT2D eigenvalue weighted by Crippen LogP contribution is -2.36. The molecule has 1 saturated heterocycles. The molecule has 1 aromatic rings. The van der Waals surface area contributed by atoms with Gasteiger partial charge >= 0.3 is 0 Å². The van der Waals surface area contributed by atoms with Crippen LogP contribution in [0.15, 0.2) is 22.7 Å². The molecule has 0 amide bonds. The summed E-state index contributed by atoms with van der Waals surface area (Å²) in [6, 6.07) is 7.47. The molecule has 1 N–H and O–H groups in total. The van der Waals surface area contributed by atoms with Gasteiger partial charge in [-0.05, 0) is 25.0 Å². The first kappa shape index (κ1) is 13.8. The molecule has 0 spiro atoms. The quantitative estimate of drug-likeness (QED) is 0.903. The number of halogens is 2. The van der Waals surface area contributed by atoms with Gasteiger partial charge in [-0.25, -0.2) is 0 Å². The molecule has 0 aromatic heterocycles. The van der Waals surface area contributed by atoms with E-state index in [0.717, 1.165) is 10.9 Å². The van der Waals surface area contributed by atoms with E-state index in [1.54, 1.807) is 18.2 Å². The van der Waals surface area contributed by atoms with Crippen molar-refractivity contribution in [1.29, 1.82) is 5.26 Å². The second-order valence-corrected chi connectivity index (χ2v) is 5.82. The average molecular weight is 331 g/mol. The van der Waals surface area contributed by atoms with Crippen LogP contribution in [-0.4, -0.2) is 18.3 Å². The van der Waals surface area contributed by atoms with E-state index >= 15 is 0 Å². The van der Waals surface area contributed by atoms with Crippen molar-refractivity contribution in [2.75, 3.05) is 13.2 Å². The predicted molar refractivity (Wildman–Crippen MR) is 72.2 cm³/mol. The number of rotatable bonds is 2. The molecule has 5 heteroatoms. The maximum atomic E-state index is 10.5. The van der Waals surface area contributed by atoms with Crippen LogP contribution in [0.25, 0.3) is 0 Å². The molecular weight excluding hydrogens is 318 g/mol. The van der Waals surface area contributed by atoms with Crippen molar-refractivity contribution in [3.8, 4) is 6.07 Å². The summed E-state index contributed by atoms with van der Waals surface area (Å²) >= 11 is 9.44. The highest BCUT2D eigenvalue weighted by atomic mass is 79.9. The summed E-state index contributed by atoms with van der Waals surface area (Å²) < 4.78 is 6.19. The Morgan fingerprint density at radius 1 is 1.56 bits per heavy atom. The molecule has 1 aliphatic rings. The summed E-state index contributed by atoms with van der Waals surface area (Å²) in [6.07, 6.45) is 0.471. The van der Waals surface area contributed by atoms with Crippen LogP contribution in [0.2, 0.25) is 5.02 Å². The molecule has 0 bridgehead atoms. The first-order valence-corrected chi connectivity index (χ1v) is 6.88. The zero-order valence-electron chi connectivity index (χ0n) is 9.70. The number of hydrogen-bond donors (Lipinski definition) is 1. The van der Waals surface area contributed by atoms with Crippen LogP contribution < -0.4 is 0 Å². The topological polar surface area (TPSA) is 53.2 Å². The van der Waals surface area contributed by atoms with E-state index < -0.39 is 11.5 Å². The lowest BCUT2D eigenvalue weighted by Gasteiger charge is -2.35. The van der Waals surface area contributed by atoms with Gasteiger partial charge in [0.15, 0.2) is 0 Å². The Kier molecular flexibility index (Phi) is 4.29. The summed E-state index contributed by atoms with van der Waals surface area (Å²) in [5, 5.41) is 20.3. The Labute approximate surface area is 119 Å². The minimum atomic E-state index is -0.927. The SMILES string of the molecule is N#CC1(C(O)c2ccc(Br)cc2Cl)CCCOC1. The second-order valence-electron chi connectivity index (χ2n) is 4.49. The molecule has 2 atom stereocenters. The average Bonchev–Trinajstić information content (AvgIpc) is 2.39. The van der Waals surface area contributed by atoms with Gasteiger partial charge in [0, 0.05) is 21.7 Å². The zero-order chi connectivity index (χ0) is 13.2. The van der Waals surface area contributed by atoms with Crippen LogP contribution in [0.3, 0.4) is 0 Å². The molecule has 2 rings (SSSR count). The van der Waals surface area contributed by atoms with E-state index in [4.69, 9.17) is 16.3 Å². The Morgan fingerprint density at radius 3 is 2.89 bits per heavy atom. The maximum Gasteiger partial charge on any atom is 0.111 e. The lowest BCUT2D eigenvalue weighted by atomic mass is 9.76. The van der Waals surface area contributed by atoms with Crippen molar-refractivity contribution >= 4 is 27.5 Å². The zero-order valence-corrected chi connectivity index (χ0v) is 12.0.